The van der Waals surface area contributed by atoms with Crippen LogP contribution >= 0.6 is 0 Å². The molecule has 1 saturated carbocycles. The fraction of sp³-hybridized carbons (Fsp3) is 0.688. The van der Waals surface area contributed by atoms with E-state index in [1.54, 1.807) is 11.8 Å². The average molecular weight is 320 g/mol. The number of hydrogen-bond acceptors (Lipinski definition) is 4. The van der Waals surface area contributed by atoms with Crippen molar-refractivity contribution >= 4 is 11.8 Å². The number of morpholine rings is 1. The second-order valence-corrected chi connectivity index (χ2v) is 6.67. The molecule has 2 N–H and O–H groups in total. The zero-order valence-electron chi connectivity index (χ0n) is 13.7. The minimum absolute atomic E-state index is 0.112. The van der Waals surface area contributed by atoms with Crippen LogP contribution in [0.4, 0.5) is 0 Å². The summed E-state index contributed by atoms with van der Waals surface area (Å²) in [5.74, 6) is -0.231. The summed E-state index contributed by atoms with van der Waals surface area (Å²) in [6.07, 6.45) is 5.90. The molecule has 2 heterocycles. The lowest BCUT2D eigenvalue weighted by Crippen LogP contribution is -2.60. The number of ether oxygens (including phenoxy) is 1. The third kappa shape index (κ3) is 3.24. The maximum absolute atomic E-state index is 12.6. The zero-order chi connectivity index (χ0) is 16.4. The molecule has 0 bridgehead atoms. The van der Waals surface area contributed by atoms with E-state index in [9.17, 15) is 9.59 Å². The Kier molecular flexibility index (Phi) is 4.39. The average Bonchev–Trinajstić information content (AvgIpc) is 3.18. The van der Waals surface area contributed by atoms with Crippen LogP contribution in [0.2, 0.25) is 0 Å². The predicted octanol–water partition coefficient (Wildman–Crippen LogP) is 1.01. The third-order valence-electron chi connectivity index (χ3n) is 4.79. The second kappa shape index (κ2) is 6.31. The van der Waals surface area contributed by atoms with Crippen molar-refractivity contribution in [3.8, 4) is 0 Å². The summed E-state index contributed by atoms with van der Waals surface area (Å²) in [5, 5.41) is 9.74. The lowest BCUT2D eigenvalue weighted by molar-refractivity contribution is -0.154. The normalized spacial score (nSPS) is 25.6. The van der Waals surface area contributed by atoms with Crippen LogP contribution in [0.5, 0.6) is 0 Å². The van der Waals surface area contributed by atoms with Crippen LogP contribution in [0, 0.1) is 6.92 Å². The fourth-order valence-electron chi connectivity index (χ4n) is 3.33. The number of rotatable bonds is 3. The van der Waals surface area contributed by atoms with Gasteiger partial charge in [0, 0.05) is 18.3 Å². The molecule has 1 saturated heterocycles. The van der Waals surface area contributed by atoms with Crippen molar-refractivity contribution in [3.05, 3.63) is 17.5 Å². The summed E-state index contributed by atoms with van der Waals surface area (Å²) in [6.45, 7) is 4.67. The van der Waals surface area contributed by atoms with Crippen molar-refractivity contribution in [1.82, 2.24) is 20.4 Å². The first-order chi connectivity index (χ1) is 11.0. The predicted molar refractivity (Wildman–Crippen MR) is 84.0 cm³/mol. The van der Waals surface area contributed by atoms with Crippen molar-refractivity contribution in [2.45, 2.75) is 51.2 Å². The first-order valence-corrected chi connectivity index (χ1v) is 8.24. The topological polar surface area (TPSA) is 87.3 Å². The third-order valence-corrected chi connectivity index (χ3v) is 4.79. The molecule has 1 unspecified atom stereocenters. The van der Waals surface area contributed by atoms with E-state index in [1.807, 2.05) is 6.92 Å². The molecule has 23 heavy (non-hydrogen) atoms. The molecular weight excluding hydrogens is 296 g/mol. The molecule has 3 rings (SSSR count). The van der Waals surface area contributed by atoms with Gasteiger partial charge in [-0.2, -0.15) is 5.10 Å². The van der Waals surface area contributed by atoms with Crippen molar-refractivity contribution in [3.63, 3.8) is 0 Å². The first-order valence-electron chi connectivity index (χ1n) is 8.24. The lowest BCUT2D eigenvalue weighted by Gasteiger charge is -2.39. The van der Waals surface area contributed by atoms with Gasteiger partial charge >= 0.3 is 0 Å². The van der Waals surface area contributed by atoms with E-state index in [2.05, 4.69) is 15.5 Å². The molecule has 0 spiro atoms. The van der Waals surface area contributed by atoms with Gasteiger partial charge in [-0.25, -0.2) is 0 Å². The van der Waals surface area contributed by atoms with Gasteiger partial charge in [0.05, 0.1) is 24.9 Å². The molecular formula is C16H24N4O3. The van der Waals surface area contributed by atoms with Crippen molar-refractivity contribution < 1.29 is 14.3 Å². The van der Waals surface area contributed by atoms with Gasteiger partial charge in [-0.05, 0) is 26.7 Å². The van der Waals surface area contributed by atoms with Crippen LogP contribution in [0.1, 0.15) is 48.7 Å². The Morgan fingerprint density at radius 3 is 2.83 bits per heavy atom. The molecule has 1 aliphatic carbocycles. The van der Waals surface area contributed by atoms with Gasteiger partial charge in [-0.1, -0.05) is 12.8 Å². The summed E-state index contributed by atoms with van der Waals surface area (Å²) >= 11 is 0. The maximum Gasteiger partial charge on any atom is 0.257 e. The number of carbonyl (C=O) groups excluding carboxylic acids is 2. The Labute approximate surface area is 135 Å². The summed E-state index contributed by atoms with van der Waals surface area (Å²) < 4.78 is 5.74. The van der Waals surface area contributed by atoms with Gasteiger partial charge in [-0.3, -0.25) is 14.7 Å². The van der Waals surface area contributed by atoms with E-state index in [1.165, 1.54) is 6.20 Å². The number of nitrogens with zero attached hydrogens (tertiary/aromatic N) is 2. The summed E-state index contributed by atoms with van der Waals surface area (Å²) in [6, 6.07) is 0.241. The minimum Gasteiger partial charge on any atom is -0.362 e. The minimum atomic E-state index is -0.992. The number of aromatic nitrogens is 2. The number of aryl methyl sites for hydroxylation is 1. The van der Waals surface area contributed by atoms with Gasteiger partial charge in [0.15, 0.2) is 5.60 Å². The Hall–Kier alpha value is -1.89. The highest BCUT2D eigenvalue weighted by molar-refractivity contribution is 5.96. The van der Waals surface area contributed by atoms with E-state index >= 15 is 0 Å². The summed E-state index contributed by atoms with van der Waals surface area (Å²) in [4.78, 5) is 26.9. The number of hydrogen-bond donors (Lipinski definition) is 2. The Bertz CT molecular complexity index is 594. The van der Waals surface area contributed by atoms with Gasteiger partial charge in [0.2, 0.25) is 0 Å². The summed E-state index contributed by atoms with van der Waals surface area (Å²) in [7, 11) is 0. The van der Waals surface area contributed by atoms with Crippen LogP contribution in [-0.2, 0) is 9.53 Å². The molecule has 2 amide bonds. The van der Waals surface area contributed by atoms with Crippen molar-refractivity contribution in [1.29, 1.82) is 0 Å². The van der Waals surface area contributed by atoms with Crippen molar-refractivity contribution in [2.75, 3.05) is 19.7 Å². The maximum atomic E-state index is 12.6. The smallest absolute Gasteiger partial charge is 0.257 e. The number of carbonyl (C=O) groups is 2. The molecule has 1 aromatic heterocycles. The molecule has 0 aromatic carbocycles. The fourth-order valence-corrected chi connectivity index (χ4v) is 3.33. The van der Waals surface area contributed by atoms with Crippen LogP contribution in [0.3, 0.4) is 0 Å². The van der Waals surface area contributed by atoms with Crippen LogP contribution in [0.25, 0.3) is 0 Å². The Balaban J connectivity index is 1.67. The molecule has 126 valence electrons. The number of aromatic amines is 1. The number of H-pyrrole nitrogens is 1. The molecule has 2 aliphatic rings. The van der Waals surface area contributed by atoms with E-state index < -0.39 is 5.60 Å². The van der Waals surface area contributed by atoms with E-state index in [4.69, 9.17) is 4.74 Å². The standard InChI is InChI=1S/C16H24N4O3/c1-11-13(9-17-19-11)14(21)20-7-8-23-16(2,10-20)15(22)18-12-5-3-4-6-12/h9,12H,3-8,10H2,1-2H3,(H,17,19)(H,18,22). The first kappa shape index (κ1) is 16.0. The number of amides is 2. The van der Waals surface area contributed by atoms with Crippen LogP contribution in [0.15, 0.2) is 6.20 Å². The van der Waals surface area contributed by atoms with Crippen molar-refractivity contribution in [2.24, 2.45) is 0 Å². The van der Waals surface area contributed by atoms with E-state index in [-0.39, 0.29) is 24.4 Å². The van der Waals surface area contributed by atoms with E-state index in [0.29, 0.717) is 18.7 Å². The van der Waals surface area contributed by atoms with E-state index in [0.717, 1.165) is 31.4 Å². The lowest BCUT2D eigenvalue weighted by atomic mass is 10.0. The largest absolute Gasteiger partial charge is 0.362 e. The SMILES string of the molecule is Cc1[nH]ncc1C(=O)N1CCOC(C)(C(=O)NC2CCCC2)C1. The molecule has 7 nitrogen and oxygen atoms in total. The van der Waals surface area contributed by atoms with Crippen LogP contribution < -0.4 is 5.32 Å². The van der Waals surface area contributed by atoms with Gasteiger partial charge < -0.3 is 15.0 Å². The molecule has 1 aromatic rings. The van der Waals surface area contributed by atoms with Crippen LogP contribution in [-0.4, -0.2) is 58.3 Å². The molecule has 7 heteroatoms. The Morgan fingerprint density at radius 2 is 2.17 bits per heavy atom. The Morgan fingerprint density at radius 1 is 1.43 bits per heavy atom. The molecule has 0 radical (unpaired) electrons. The monoisotopic (exact) mass is 320 g/mol. The molecule has 1 atom stereocenters. The molecule has 2 fully saturated rings. The summed E-state index contributed by atoms with van der Waals surface area (Å²) in [5.41, 5.74) is 0.290. The van der Waals surface area contributed by atoms with Gasteiger partial charge in [0.25, 0.3) is 11.8 Å². The zero-order valence-corrected chi connectivity index (χ0v) is 13.7. The van der Waals surface area contributed by atoms with Gasteiger partial charge in [0.1, 0.15) is 0 Å². The number of nitrogens with one attached hydrogen (secondary N) is 2. The molecule has 1 aliphatic heterocycles. The highest BCUT2D eigenvalue weighted by Gasteiger charge is 2.42. The van der Waals surface area contributed by atoms with Gasteiger partial charge in [-0.15, -0.1) is 0 Å². The highest BCUT2D eigenvalue weighted by Crippen LogP contribution is 2.23. The quantitative estimate of drug-likeness (QED) is 0.870. The highest BCUT2D eigenvalue weighted by atomic mass is 16.5. The second-order valence-electron chi connectivity index (χ2n) is 6.67.